The molecule has 1 aromatic rings. The van der Waals surface area contributed by atoms with Crippen LogP contribution < -0.4 is 10.8 Å². The highest BCUT2D eigenvalue weighted by Gasteiger charge is 2.43. The van der Waals surface area contributed by atoms with Crippen molar-refractivity contribution in [1.29, 1.82) is 0 Å². The van der Waals surface area contributed by atoms with Crippen molar-refractivity contribution in [2.75, 3.05) is 0 Å². The summed E-state index contributed by atoms with van der Waals surface area (Å²) in [5.41, 5.74) is 14.8. The molecule has 0 N–H and O–H groups in total. The highest BCUT2D eigenvalue weighted by atomic mass is 16.3. The highest BCUT2D eigenvalue weighted by molar-refractivity contribution is 5.84. The molecule has 1 nitrogen and oxygen atoms in total. The molecule has 4 aliphatic rings. The predicted octanol–water partition coefficient (Wildman–Crippen LogP) is 8.31. The van der Waals surface area contributed by atoms with Crippen molar-refractivity contribution in [2.24, 2.45) is 5.92 Å². The van der Waals surface area contributed by atoms with Crippen LogP contribution in [0.1, 0.15) is 69.7 Å². The van der Waals surface area contributed by atoms with Crippen molar-refractivity contribution in [3.8, 4) is 11.1 Å². The van der Waals surface area contributed by atoms with Crippen LogP contribution in [-0.2, 0) is 0 Å². The lowest BCUT2D eigenvalue weighted by Gasteiger charge is -2.04. The Morgan fingerprint density at radius 2 is 1.57 bits per heavy atom. The monoisotopic (exact) mass is 486 g/mol. The Kier molecular flexibility index (Phi) is 6.58. The summed E-state index contributed by atoms with van der Waals surface area (Å²) in [5.74, 6) is 3.62. The number of furan rings is 1. The molecule has 0 aromatic carbocycles. The lowest BCUT2D eigenvalue weighted by Crippen LogP contribution is -2.04. The van der Waals surface area contributed by atoms with Gasteiger partial charge in [-0.2, -0.15) is 0 Å². The third-order valence-corrected chi connectivity index (χ3v) is 7.75. The SMILES string of the molecule is CC1=CC(/C=c2\cc/c(=C\c3cc(C)c4cc(C(C)C)ccc(C)c3-4)o2)=C2[C+](C)C=CC(C(C)C)=C[C+]12. The lowest BCUT2D eigenvalue weighted by atomic mass is 9.86. The first-order chi connectivity index (χ1) is 17.6. The molecule has 1 heterocycles. The second kappa shape index (κ2) is 9.71. The van der Waals surface area contributed by atoms with Gasteiger partial charge in [-0.25, -0.2) is 0 Å². The molecule has 1 aromatic heterocycles. The van der Waals surface area contributed by atoms with Crippen molar-refractivity contribution in [2.45, 2.75) is 61.3 Å². The molecular formula is C36H38O+2. The van der Waals surface area contributed by atoms with Crippen LogP contribution in [0.2, 0.25) is 0 Å². The topological polar surface area (TPSA) is 13.1 Å². The van der Waals surface area contributed by atoms with E-state index in [1.54, 1.807) is 0 Å². The lowest BCUT2D eigenvalue weighted by molar-refractivity contribution is 0.502. The highest BCUT2D eigenvalue weighted by Crippen LogP contribution is 2.44. The van der Waals surface area contributed by atoms with Crippen molar-refractivity contribution in [3.05, 3.63) is 128 Å². The summed E-state index contributed by atoms with van der Waals surface area (Å²) in [5, 5.41) is 0. The summed E-state index contributed by atoms with van der Waals surface area (Å²) < 4.78 is 6.35. The zero-order chi connectivity index (χ0) is 26.4. The van der Waals surface area contributed by atoms with Crippen molar-refractivity contribution in [3.63, 3.8) is 0 Å². The van der Waals surface area contributed by atoms with Gasteiger partial charge in [0, 0.05) is 6.92 Å². The normalized spacial score (nSPS) is 16.9. The van der Waals surface area contributed by atoms with Gasteiger partial charge in [0.2, 0.25) is 5.57 Å². The van der Waals surface area contributed by atoms with E-state index in [-0.39, 0.29) is 0 Å². The zero-order valence-corrected chi connectivity index (χ0v) is 23.5. The maximum absolute atomic E-state index is 6.35. The van der Waals surface area contributed by atoms with E-state index in [1.165, 1.54) is 67.5 Å². The summed E-state index contributed by atoms with van der Waals surface area (Å²) in [6.07, 6.45) is 13.5. The Balaban J connectivity index is 1.56. The molecule has 0 atom stereocenters. The van der Waals surface area contributed by atoms with Crippen molar-refractivity contribution < 1.29 is 4.42 Å². The van der Waals surface area contributed by atoms with E-state index in [4.69, 9.17) is 4.42 Å². The van der Waals surface area contributed by atoms with E-state index in [0.717, 1.165) is 10.8 Å². The molecule has 1 heteroatoms. The summed E-state index contributed by atoms with van der Waals surface area (Å²) in [6.45, 7) is 17.9. The Labute approximate surface area is 222 Å². The van der Waals surface area contributed by atoms with Gasteiger partial charge in [-0.1, -0.05) is 52.0 Å². The van der Waals surface area contributed by atoms with Crippen molar-refractivity contribution in [1.82, 2.24) is 0 Å². The average molecular weight is 487 g/mol. The average Bonchev–Trinajstić information content (AvgIpc) is 3.39. The van der Waals surface area contributed by atoms with Gasteiger partial charge in [-0.3, -0.25) is 0 Å². The smallest absolute Gasteiger partial charge is 0.232 e. The fraction of sp³-hybridized carbons (Fsp3) is 0.278. The minimum Gasteiger partial charge on any atom is -0.455 e. The molecule has 0 spiro atoms. The Hall–Kier alpha value is -3.58. The van der Waals surface area contributed by atoms with E-state index >= 15 is 0 Å². The molecule has 0 bridgehead atoms. The Morgan fingerprint density at radius 3 is 2.27 bits per heavy atom. The number of hydrogen-bond acceptors (Lipinski definition) is 1. The summed E-state index contributed by atoms with van der Waals surface area (Å²) in [7, 11) is 0. The molecule has 0 aliphatic heterocycles. The summed E-state index contributed by atoms with van der Waals surface area (Å²) >= 11 is 0. The van der Waals surface area contributed by atoms with Gasteiger partial charge >= 0.3 is 0 Å². The fourth-order valence-electron chi connectivity index (χ4n) is 5.54. The van der Waals surface area contributed by atoms with E-state index in [1.807, 2.05) is 0 Å². The Morgan fingerprint density at radius 1 is 0.838 bits per heavy atom. The van der Waals surface area contributed by atoms with Crippen LogP contribution in [0, 0.1) is 31.6 Å². The second-order valence-electron chi connectivity index (χ2n) is 11.3. The molecule has 0 saturated carbocycles. The molecule has 5 rings (SSSR count). The molecule has 0 saturated heterocycles. The maximum Gasteiger partial charge on any atom is 0.232 e. The molecule has 0 unspecified atom stereocenters. The quantitative estimate of drug-likeness (QED) is 0.338. The maximum atomic E-state index is 6.35. The number of aryl methyl sites for hydroxylation is 2. The van der Waals surface area contributed by atoms with Gasteiger partial charge < -0.3 is 4.42 Å². The molecule has 0 amide bonds. The Bertz CT molecular complexity index is 1560. The number of rotatable bonds is 4. The van der Waals surface area contributed by atoms with Crippen LogP contribution in [0.3, 0.4) is 0 Å². The third kappa shape index (κ3) is 4.76. The fourth-order valence-corrected chi connectivity index (χ4v) is 5.54. The standard InChI is InChI=1S/C36H38O/c1-21(2)27-11-9-23(5)35-29(15-25(7)33(35)19-27)17-31-13-14-32(37-31)18-30-16-26(8)34-20-28(22(3)4)12-10-24(6)36(30)34/h9-22H,1-8H3/q+2/b31-17+,32-18+. The number of fused-ring (bicyclic) bond motifs is 2. The van der Waals surface area contributed by atoms with E-state index in [9.17, 15) is 0 Å². The van der Waals surface area contributed by atoms with Gasteiger partial charge in [0.1, 0.15) is 34.3 Å². The van der Waals surface area contributed by atoms with Gasteiger partial charge in [0.15, 0.2) is 0 Å². The van der Waals surface area contributed by atoms with Crippen LogP contribution >= 0.6 is 0 Å². The van der Waals surface area contributed by atoms with Gasteiger partial charge in [-0.05, 0) is 84.2 Å². The molecule has 0 radical (unpaired) electrons. The second-order valence-corrected chi connectivity index (χ2v) is 11.3. The number of hydrogen-bond donors (Lipinski definition) is 0. The molecule has 37 heavy (non-hydrogen) atoms. The predicted molar refractivity (Wildman–Crippen MR) is 158 cm³/mol. The zero-order valence-electron chi connectivity index (χ0n) is 23.5. The van der Waals surface area contributed by atoms with Crippen LogP contribution in [-0.4, -0.2) is 0 Å². The van der Waals surface area contributed by atoms with Crippen LogP contribution in [0.25, 0.3) is 23.3 Å². The van der Waals surface area contributed by atoms with Crippen LogP contribution in [0.15, 0.2) is 87.4 Å². The largest absolute Gasteiger partial charge is 0.455 e. The van der Waals surface area contributed by atoms with Gasteiger partial charge in [0.05, 0.1) is 35.5 Å². The van der Waals surface area contributed by atoms with Gasteiger partial charge in [-0.15, -0.1) is 0 Å². The first-order valence-electron chi connectivity index (χ1n) is 13.5. The molecule has 186 valence electrons. The first kappa shape index (κ1) is 25.1. The number of allylic oxidation sites excluding steroid dienone is 8. The molecular weight excluding hydrogens is 448 g/mol. The van der Waals surface area contributed by atoms with Crippen LogP contribution in [0.5, 0.6) is 0 Å². The molecule has 0 fully saturated rings. The third-order valence-electron chi connectivity index (χ3n) is 7.75. The summed E-state index contributed by atoms with van der Waals surface area (Å²) in [4.78, 5) is 0. The van der Waals surface area contributed by atoms with Crippen LogP contribution in [0.4, 0.5) is 0 Å². The van der Waals surface area contributed by atoms with E-state index < -0.39 is 0 Å². The first-order valence-corrected chi connectivity index (χ1v) is 13.5. The van der Waals surface area contributed by atoms with Gasteiger partial charge in [0.25, 0.3) is 0 Å². The summed E-state index contributed by atoms with van der Waals surface area (Å²) in [6, 6.07) is 13.3. The minimum absolute atomic E-state index is 0.499. The van der Waals surface area contributed by atoms with E-state index in [0.29, 0.717) is 11.8 Å². The minimum atomic E-state index is 0.499. The van der Waals surface area contributed by atoms with Crippen molar-refractivity contribution >= 4 is 12.2 Å². The molecule has 4 aliphatic carbocycles. The van der Waals surface area contributed by atoms with E-state index in [2.05, 4.69) is 128 Å².